The molecule has 0 saturated carbocycles. The van der Waals surface area contributed by atoms with Crippen LogP contribution < -0.4 is 15.4 Å². The molecule has 0 aliphatic carbocycles. The van der Waals surface area contributed by atoms with Gasteiger partial charge in [-0.1, -0.05) is 0 Å². The van der Waals surface area contributed by atoms with Crippen LogP contribution in [0, 0.1) is 0 Å². The van der Waals surface area contributed by atoms with Gasteiger partial charge in [-0.3, -0.25) is 0 Å². The van der Waals surface area contributed by atoms with Crippen LogP contribution >= 0.6 is 11.3 Å². The predicted molar refractivity (Wildman–Crippen MR) is 61.1 cm³/mol. The van der Waals surface area contributed by atoms with Gasteiger partial charge in [-0.15, -0.1) is 11.3 Å². The molecule has 0 saturated heterocycles. The fourth-order valence-corrected chi connectivity index (χ4v) is 2.04. The van der Waals surface area contributed by atoms with E-state index in [2.05, 4.69) is 16.0 Å². The van der Waals surface area contributed by atoms with Crippen molar-refractivity contribution in [2.24, 2.45) is 0 Å². The molecule has 0 aromatic carbocycles. The van der Waals surface area contributed by atoms with Gasteiger partial charge in [-0.2, -0.15) is 0 Å². The molecule has 4 heteroatoms. The number of hydrogen-bond acceptors (Lipinski definition) is 4. The number of ether oxygens (including phenoxy) is 1. The maximum absolute atomic E-state index is 5.22. The highest BCUT2D eigenvalue weighted by atomic mass is 32.1. The standard InChI is InChI=1S/C10H18N2OS/c1-11-5-3-6-12-8-10-9(13-2)4-7-14-10/h4,7,11-12H,3,5-6,8H2,1-2H3. The normalized spacial score (nSPS) is 10.4. The molecule has 0 amide bonds. The number of nitrogens with one attached hydrogen (secondary N) is 2. The Morgan fingerprint density at radius 3 is 3.00 bits per heavy atom. The van der Waals surface area contributed by atoms with Crippen LogP contribution in [0.15, 0.2) is 11.4 Å². The molecule has 3 nitrogen and oxygen atoms in total. The first-order valence-electron chi connectivity index (χ1n) is 4.84. The summed E-state index contributed by atoms with van der Waals surface area (Å²) in [6, 6.07) is 2.01. The van der Waals surface area contributed by atoms with Crippen molar-refractivity contribution in [1.29, 1.82) is 0 Å². The van der Waals surface area contributed by atoms with Gasteiger partial charge in [-0.05, 0) is 38.0 Å². The Morgan fingerprint density at radius 1 is 1.43 bits per heavy atom. The Hall–Kier alpha value is -0.580. The molecular weight excluding hydrogens is 196 g/mol. The van der Waals surface area contributed by atoms with E-state index in [4.69, 9.17) is 4.74 Å². The Labute approximate surface area is 89.5 Å². The monoisotopic (exact) mass is 214 g/mol. The highest BCUT2D eigenvalue weighted by Gasteiger charge is 2.02. The van der Waals surface area contributed by atoms with Crippen LogP contribution in [0.3, 0.4) is 0 Å². The van der Waals surface area contributed by atoms with Crippen molar-refractivity contribution >= 4 is 11.3 Å². The van der Waals surface area contributed by atoms with Gasteiger partial charge in [0.2, 0.25) is 0 Å². The molecular formula is C10H18N2OS. The van der Waals surface area contributed by atoms with Crippen molar-refractivity contribution in [3.8, 4) is 5.75 Å². The average molecular weight is 214 g/mol. The lowest BCUT2D eigenvalue weighted by molar-refractivity contribution is 0.410. The van der Waals surface area contributed by atoms with Crippen molar-refractivity contribution in [1.82, 2.24) is 10.6 Å². The van der Waals surface area contributed by atoms with E-state index >= 15 is 0 Å². The number of rotatable bonds is 7. The molecule has 1 heterocycles. The minimum Gasteiger partial charge on any atom is -0.496 e. The Morgan fingerprint density at radius 2 is 2.29 bits per heavy atom. The summed E-state index contributed by atoms with van der Waals surface area (Å²) in [5, 5.41) is 8.57. The van der Waals surface area contributed by atoms with E-state index in [0.29, 0.717) is 0 Å². The molecule has 0 fully saturated rings. The maximum atomic E-state index is 5.22. The molecule has 2 N–H and O–H groups in total. The minimum atomic E-state index is 0.907. The van der Waals surface area contributed by atoms with Gasteiger partial charge in [0.1, 0.15) is 5.75 Å². The van der Waals surface area contributed by atoms with E-state index in [-0.39, 0.29) is 0 Å². The van der Waals surface area contributed by atoms with Gasteiger partial charge in [0.05, 0.1) is 12.0 Å². The lowest BCUT2D eigenvalue weighted by atomic mass is 10.4. The highest BCUT2D eigenvalue weighted by molar-refractivity contribution is 7.10. The fourth-order valence-electron chi connectivity index (χ4n) is 1.23. The summed E-state index contributed by atoms with van der Waals surface area (Å²) in [6.07, 6.45) is 1.16. The van der Waals surface area contributed by atoms with Gasteiger partial charge >= 0.3 is 0 Å². The number of hydrogen-bond donors (Lipinski definition) is 2. The van der Waals surface area contributed by atoms with Crippen LogP contribution in [0.1, 0.15) is 11.3 Å². The molecule has 1 aromatic heterocycles. The number of methoxy groups -OCH3 is 1. The van der Waals surface area contributed by atoms with E-state index in [1.165, 1.54) is 4.88 Å². The zero-order valence-corrected chi connectivity index (χ0v) is 9.62. The molecule has 0 aliphatic heterocycles. The van der Waals surface area contributed by atoms with E-state index in [1.54, 1.807) is 18.4 Å². The SMILES string of the molecule is CNCCCNCc1sccc1OC. The lowest BCUT2D eigenvalue weighted by Gasteiger charge is -2.04. The third-order valence-corrected chi connectivity index (χ3v) is 2.89. The lowest BCUT2D eigenvalue weighted by Crippen LogP contribution is -2.19. The molecule has 14 heavy (non-hydrogen) atoms. The summed E-state index contributed by atoms with van der Waals surface area (Å²) >= 11 is 1.73. The third kappa shape index (κ3) is 3.65. The van der Waals surface area contributed by atoms with Crippen molar-refractivity contribution < 1.29 is 4.74 Å². The van der Waals surface area contributed by atoms with Crippen LogP contribution in [0.5, 0.6) is 5.75 Å². The summed E-state index contributed by atoms with van der Waals surface area (Å²) < 4.78 is 5.22. The quantitative estimate of drug-likeness (QED) is 0.674. The van der Waals surface area contributed by atoms with Gasteiger partial charge in [0.15, 0.2) is 0 Å². The molecule has 1 rings (SSSR count). The Bertz CT molecular complexity index is 250. The molecule has 0 atom stereocenters. The van der Waals surface area contributed by atoms with Gasteiger partial charge in [0.25, 0.3) is 0 Å². The summed E-state index contributed by atoms with van der Waals surface area (Å²) in [4.78, 5) is 1.27. The van der Waals surface area contributed by atoms with Crippen LogP contribution in [0.4, 0.5) is 0 Å². The first-order chi connectivity index (χ1) is 6.88. The largest absolute Gasteiger partial charge is 0.496 e. The molecule has 0 bridgehead atoms. The van der Waals surface area contributed by atoms with Crippen LogP contribution in [0.2, 0.25) is 0 Å². The van der Waals surface area contributed by atoms with Crippen LogP contribution in [-0.2, 0) is 6.54 Å². The Kier molecular flexibility index (Phi) is 5.59. The third-order valence-electron chi connectivity index (χ3n) is 1.99. The van der Waals surface area contributed by atoms with Gasteiger partial charge < -0.3 is 15.4 Å². The molecule has 1 aromatic rings. The second-order valence-electron chi connectivity index (χ2n) is 3.05. The molecule has 0 spiro atoms. The zero-order valence-electron chi connectivity index (χ0n) is 8.80. The topological polar surface area (TPSA) is 33.3 Å². The smallest absolute Gasteiger partial charge is 0.134 e. The first-order valence-corrected chi connectivity index (χ1v) is 5.72. The van der Waals surface area contributed by atoms with Crippen molar-refractivity contribution in [3.63, 3.8) is 0 Å². The van der Waals surface area contributed by atoms with Crippen LogP contribution in [0.25, 0.3) is 0 Å². The first kappa shape index (κ1) is 11.5. The molecule has 0 aliphatic rings. The Balaban J connectivity index is 2.17. The average Bonchev–Trinajstić information content (AvgIpc) is 2.65. The second-order valence-corrected chi connectivity index (χ2v) is 4.05. The van der Waals surface area contributed by atoms with Gasteiger partial charge in [-0.25, -0.2) is 0 Å². The summed E-state index contributed by atoms with van der Waals surface area (Å²) in [5.41, 5.74) is 0. The molecule has 80 valence electrons. The molecule has 0 radical (unpaired) electrons. The second kappa shape index (κ2) is 6.81. The maximum Gasteiger partial charge on any atom is 0.134 e. The molecule has 0 unspecified atom stereocenters. The summed E-state index contributed by atoms with van der Waals surface area (Å²) in [7, 11) is 3.69. The zero-order chi connectivity index (χ0) is 10.2. The van der Waals surface area contributed by atoms with Crippen molar-refractivity contribution in [3.05, 3.63) is 16.3 Å². The van der Waals surface area contributed by atoms with E-state index in [1.807, 2.05) is 13.1 Å². The van der Waals surface area contributed by atoms with Crippen LogP contribution in [-0.4, -0.2) is 27.2 Å². The number of thiophene rings is 1. The predicted octanol–water partition coefficient (Wildman–Crippen LogP) is 1.46. The van der Waals surface area contributed by atoms with E-state index in [0.717, 1.165) is 31.8 Å². The van der Waals surface area contributed by atoms with Crippen molar-refractivity contribution in [2.45, 2.75) is 13.0 Å². The van der Waals surface area contributed by atoms with Gasteiger partial charge in [0, 0.05) is 6.54 Å². The van der Waals surface area contributed by atoms with E-state index in [9.17, 15) is 0 Å². The van der Waals surface area contributed by atoms with E-state index < -0.39 is 0 Å². The summed E-state index contributed by atoms with van der Waals surface area (Å²) in [6.45, 7) is 3.01. The highest BCUT2D eigenvalue weighted by Crippen LogP contribution is 2.23. The van der Waals surface area contributed by atoms with Crippen molar-refractivity contribution in [2.75, 3.05) is 27.2 Å². The summed E-state index contributed by atoms with van der Waals surface area (Å²) in [5.74, 6) is 0.996. The minimum absolute atomic E-state index is 0.907. The fraction of sp³-hybridized carbons (Fsp3) is 0.600.